The van der Waals surface area contributed by atoms with Crippen molar-refractivity contribution < 1.29 is 13.6 Å². The number of carbonyl (C=O) groups is 1. The van der Waals surface area contributed by atoms with Crippen LogP contribution < -0.4 is 10.2 Å². The molecule has 2 heterocycles. The Bertz CT molecular complexity index is 655. The molecule has 0 aromatic heterocycles. The molecule has 4 nitrogen and oxygen atoms in total. The average molecular weight is 349 g/mol. The smallest absolute Gasteiger partial charge is 0.317 e. The van der Waals surface area contributed by atoms with Crippen LogP contribution in [0.15, 0.2) is 24.3 Å². The van der Waals surface area contributed by atoms with Gasteiger partial charge < -0.3 is 15.1 Å². The Labute approximate surface area is 147 Å². The molecule has 2 amide bonds. The van der Waals surface area contributed by atoms with Gasteiger partial charge in [-0.05, 0) is 43.9 Å². The molecule has 3 fully saturated rings. The summed E-state index contributed by atoms with van der Waals surface area (Å²) >= 11 is 0. The van der Waals surface area contributed by atoms with E-state index in [4.69, 9.17) is 0 Å². The van der Waals surface area contributed by atoms with Crippen molar-refractivity contribution in [2.24, 2.45) is 11.8 Å². The van der Waals surface area contributed by atoms with Crippen molar-refractivity contribution in [3.05, 3.63) is 30.1 Å². The molecular weight excluding hydrogens is 324 g/mol. The van der Waals surface area contributed by atoms with Gasteiger partial charge in [-0.15, -0.1) is 0 Å². The van der Waals surface area contributed by atoms with E-state index in [0.717, 1.165) is 31.6 Å². The Balaban J connectivity index is 1.39. The van der Waals surface area contributed by atoms with E-state index >= 15 is 0 Å². The number of likely N-dealkylation sites (tertiary alicyclic amines) is 1. The Morgan fingerprint density at radius 2 is 2.08 bits per heavy atom. The van der Waals surface area contributed by atoms with Crippen LogP contribution in [0.1, 0.15) is 26.2 Å². The fraction of sp³-hybridized carbons (Fsp3) is 0.632. The molecule has 0 spiro atoms. The van der Waals surface area contributed by atoms with Crippen LogP contribution in [0.2, 0.25) is 0 Å². The van der Waals surface area contributed by atoms with Gasteiger partial charge in [0, 0.05) is 43.2 Å². The van der Waals surface area contributed by atoms with Crippen LogP contribution in [0, 0.1) is 17.7 Å². The van der Waals surface area contributed by atoms with Crippen LogP contribution >= 0.6 is 0 Å². The first-order valence-corrected chi connectivity index (χ1v) is 9.23. The molecule has 4 rings (SSSR count). The van der Waals surface area contributed by atoms with Crippen LogP contribution in [-0.2, 0) is 0 Å². The summed E-state index contributed by atoms with van der Waals surface area (Å²) in [6.07, 6.45) is 1.56. The van der Waals surface area contributed by atoms with Crippen LogP contribution in [0.3, 0.4) is 0 Å². The predicted molar refractivity (Wildman–Crippen MR) is 92.8 cm³/mol. The predicted octanol–water partition coefficient (Wildman–Crippen LogP) is 3.18. The molecule has 1 N–H and O–H groups in total. The highest BCUT2D eigenvalue weighted by Crippen LogP contribution is 2.40. The number of halogens is 2. The fourth-order valence-corrected chi connectivity index (χ4v) is 4.82. The van der Waals surface area contributed by atoms with E-state index in [1.807, 2.05) is 13.0 Å². The van der Waals surface area contributed by atoms with Gasteiger partial charge in [0.1, 0.15) is 12.0 Å². The monoisotopic (exact) mass is 349 g/mol. The molecule has 1 aliphatic carbocycles. The number of alkyl halides is 1. The molecule has 1 aromatic carbocycles. The molecular formula is C19H25F2N3O. The average Bonchev–Trinajstić information content (AvgIpc) is 3.23. The van der Waals surface area contributed by atoms with Crippen molar-refractivity contribution in [3.63, 3.8) is 0 Å². The van der Waals surface area contributed by atoms with Crippen LogP contribution in [0.25, 0.3) is 0 Å². The number of rotatable bonds is 2. The molecule has 2 saturated heterocycles. The first-order valence-electron chi connectivity index (χ1n) is 9.23. The van der Waals surface area contributed by atoms with Gasteiger partial charge in [-0.2, -0.15) is 0 Å². The van der Waals surface area contributed by atoms with Crippen molar-refractivity contribution in [2.75, 3.05) is 24.5 Å². The standard InChI is InChI=1S/C19H25F2N3O/c1-12-7-15(21)10-24(12)19(25)22-18-6-5-13-9-23(11-17(13)18)16-4-2-3-14(20)8-16/h2-4,8,12-13,15,17-18H,5-7,9-11H2,1H3,(H,22,25)/t12?,13-,15-,17+,18+/m1/s1. The summed E-state index contributed by atoms with van der Waals surface area (Å²) in [5.74, 6) is 0.688. The van der Waals surface area contributed by atoms with Gasteiger partial charge in [-0.1, -0.05) is 6.07 Å². The van der Waals surface area contributed by atoms with Crippen molar-refractivity contribution >= 4 is 11.7 Å². The Morgan fingerprint density at radius 3 is 2.80 bits per heavy atom. The molecule has 2 aliphatic heterocycles. The van der Waals surface area contributed by atoms with E-state index in [1.54, 1.807) is 17.0 Å². The van der Waals surface area contributed by atoms with Crippen molar-refractivity contribution in [3.8, 4) is 0 Å². The molecule has 136 valence electrons. The maximum Gasteiger partial charge on any atom is 0.317 e. The lowest BCUT2D eigenvalue weighted by Gasteiger charge is -2.27. The summed E-state index contributed by atoms with van der Waals surface area (Å²) in [5, 5.41) is 3.15. The number of amides is 2. The Hall–Kier alpha value is -1.85. The van der Waals surface area contributed by atoms with E-state index in [9.17, 15) is 13.6 Å². The Kier molecular flexibility index (Phi) is 4.29. The number of anilines is 1. The first kappa shape index (κ1) is 16.6. The van der Waals surface area contributed by atoms with Gasteiger partial charge in [0.15, 0.2) is 0 Å². The third-order valence-electron chi connectivity index (χ3n) is 6.12. The maximum atomic E-state index is 13.5. The molecule has 0 radical (unpaired) electrons. The van der Waals surface area contributed by atoms with Crippen LogP contribution in [0.5, 0.6) is 0 Å². The number of nitrogens with zero attached hydrogens (tertiary/aromatic N) is 2. The van der Waals surface area contributed by atoms with Crippen LogP contribution in [0.4, 0.5) is 19.3 Å². The molecule has 1 unspecified atom stereocenters. The number of fused-ring (bicyclic) bond motifs is 1. The number of carbonyl (C=O) groups excluding carboxylic acids is 1. The second-order valence-corrected chi connectivity index (χ2v) is 7.78. The first-order chi connectivity index (χ1) is 12.0. The van der Waals surface area contributed by atoms with Gasteiger partial charge in [0.25, 0.3) is 0 Å². The zero-order valence-corrected chi connectivity index (χ0v) is 14.5. The minimum absolute atomic E-state index is 0.0421. The fourth-order valence-electron chi connectivity index (χ4n) is 4.82. The highest BCUT2D eigenvalue weighted by molar-refractivity contribution is 5.75. The molecule has 25 heavy (non-hydrogen) atoms. The summed E-state index contributed by atoms with van der Waals surface area (Å²) in [6.45, 7) is 3.84. The highest BCUT2D eigenvalue weighted by Gasteiger charge is 2.44. The molecule has 5 atom stereocenters. The molecule has 6 heteroatoms. The minimum Gasteiger partial charge on any atom is -0.371 e. The molecule has 1 saturated carbocycles. The largest absolute Gasteiger partial charge is 0.371 e. The topological polar surface area (TPSA) is 35.6 Å². The molecule has 3 aliphatic rings. The quantitative estimate of drug-likeness (QED) is 0.890. The Morgan fingerprint density at radius 1 is 1.24 bits per heavy atom. The zero-order valence-electron chi connectivity index (χ0n) is 14.5. The van der Waals surface area contributed by atoms with Gasteiger partial charge in [-0.3, -0.25) is 0 Å². The number of hydrogen-bond acceptors (Lipinski definition) is 2. The van der Waals surface area contributed by atoms with Crippen molar-refractivity contribution in [1.29, 1.82) is 0 Å². The summed E-state index contributed by atoms with van der Waals surface area (Å²) in [7, 11) is 0. The molecule has 0 bridgehead atoms. The summed E-state index contributed by atoms with van der Waals surface area (Å²) in [4.78, 5) is 16.4. The van der Waals surface area contributed by atoms with Gasteiger partial charge in [-0.25, -0.2) is 13.6 Å². The number of nitrogens with one attached hydrogen (secondary N) is 1. The lowest BCUT2D eigenvalue weighted by Crippen LogP contribution is -2.48. The number of benzene rings is 1. The third kappa shape index (κ3) is 3.18. The van der Waals surface area contributed by atoms with E-state index in [1.165, 1.54) is 6.07 Å². The zero-order chi connectivity index (χ0) is 17.6. The number of hydrogen-bond donors (Lipinski definition) is 1. The second-order valence-electron chi connectivity index (χ2n) is 7.78. The normalized spacial score (nSPS) is 34.4. The summed E-state index contributed by atoms with van der Waals surface area (Å²) in [6, 6.07) is 6.65. The SMILES string of the molecule is CC1C[C@@H](F)CN1C(=O)N[C@H]1CC[C@@H]2CN(c3cccc(F)c3)C[C@@H]21. The third-order valence-corrected chi connectivity index (χ3v) is 6.12. The second kappa shape index (κ2) is 6.46. The maximum absolute atomic E-state index is 13.5. The lowest BCUT2D eigenvalue weighted by atomic mass is 9.98. The number of urea groups is 1. The van der Waals surface area contributed by atoms with E-state index in [0.29, 0.717) is 18.3 Å². The van der Waals surface area contributed by atoms with Crippen molar-refractivity contribution in [2.45, 2.75) is 44.4 Å². The van der Waals surface area contributed by atoms with E-state index in [2.05, 4.69) is 10.2 Å². The summed E-state index contributed by atoms with van der Waals surface area (Å²) < 4.78 is 27.0. The van der Waals surface area contributed by atoms with Crippen LogP contribution in [-0.4, -0.2) is 48.8 Å². The molecule has 1 aromatic rings. The van der Waals surface area contributed by atoms with Gasteiger partial charge >= 0.3 is 6.03 Å². The van der Waals surface area contributed by atoms with E-state index < -0.39 is 6.17 Å². The minimum atomic E-state index is -0.910. The van der Waals surface area contributed by atoms with Crippen molar-refractivity contribution in [1.82, 2.24) is 10.2 Å². The lowest BCUT2D eigenvalue weighted by molar-refractivity contribution is 0.186. The van der Waals surface area contributed by atoms with E-state index in [-0.39, 0.29) is 30.5 Å². The highest BCUT2D eigenvalue weighted by atomic mass is 19.1. The summed E-state index contributed by atoms with van der Waals surface area (Å²) in [5.41, 5.74) is 0.910. The van der Waals surface area contributed by atoms with Gasteiger partial charge in [0.2, 0.25) is 0 Å². The van der Waals surface area contributed by atoms with Gasteiger partial charge in [0.05, 0.1) is 6.54 Å².